The molecule has 0 bridgehead atoms. The highest BCUT2D eigenvalue weighted by Gasteiger charge is 2.22. The van der Waals surface area contributed by atoms with Gasteiger partial charge in [0, 0.05) is 19.0 Å². The molecule has 2 unspecified atom stereocenters. The van der Waals surface area contributed by atoms with Crippen LogP contribution in [0.3, 0.4) is 0 Å². The van der Waals surface area contributed by atoms with Gasteiger partial charge in [0.05, 0.1) is 11.8 Å². The lowest BCUT2D eigenvalue weighted by Crippen LogP contribution is -2.28. The molecule has 0 aliphatic rings. The van der Waals surface area contributed by atoms with Crippen LogP contribution >= 0.6 is 0 Å². The summed E-state index contributed by atoms with van der Waals surface area (Å²) in [7, 11) is 0. The summed E-state index contributed by atoms with van der Waals surface area (Å²) in [5, 5.41) is 22.0. The molecule has 0 heterocycles. The molecule has 0 aliphatic carbocycles. The van der Waals surface area contributed by atoms with Crippen molar-refractivity contribution in [2.75, 3.05) is 12.3 Å². The van der Waals surface area contributed by atoms with E-state index < -0.39 is 18.0 Å². The Balaban J connectivity index is 2.65. The zero-order valence-electron chi connectivity index (χ0n) is 10.1. The van der Waals surface area contributed by atoms with Crippen molar-refractivity contribution in [3.8, 4) is 0 Å². The van der Waals surface area contributed by atoms with Gasteiger partial charge in [-0.2, -0.15) is 0 Å². The number of aliphatic hydroxyl groups is 2. The van der Waals surface area contributed by atoms with Gasteiger partial charge in [-0.15, -0.1) is 0 Å². The number of nitrogens with two attached hydrogens (primary N) is 1. The number of benzene rings is 1. The second-order valence-electron chi connectivity index (χ2n) is 4.03. The Morgan fingerprint density at radius 2 is 2.17 bits per heavy atom. The molecular weight excluding hydrogens is 239 g/mol. The number of halogens is 1. The molecule has 100 valence electrons. The van der Waals surface area contributed by atoms with Crippen LogP contribution in [-0.4, -0.2) is 28.8 Å². The Labute approximate surface area is 104 Å². The van der Waals surface area contributed by atoms with Crippen molar-refractivity contribution in [2.45, 2.75) is 25.6 Å². The van der Waals surface area contributed by atoms with E-state index in [4.69, 9.17) is 5.73 Å². The smallest absolute Gasteiger partial charge is 0.216 e. The zero-order chi connectivity index (χ0) is 13.7. The molecule has 1 rings (SSSR count). The Kier molecular flexibility index (Phi) is 5.06. The van der Waals surface area contributed by atoms with Crippen LogP contribution in [0.4, 0.5) is 10.1 Å². The van der Waals surface area contributed by atoms with Crippen LogP contribution in [0, 0.1) is 5.82 Å². The maximum absolute atomic E-state index is 13.6. The molecule has 0 fully saturated rings. The van der Waals surface area contributed by atoms with Crippen LogP contribution in [-0.2, 0) is 4.79 Å². The van der Waals surface area contributed by atoms with E-state index in [1.165, 1.54) is 25.1 Å². The lowest BCUT2D eigenvalue weighted by molar-refractivity contribution is -0.119. The van der Waals surface area contributed by atoms with Crippen molar-refractivity contribution >= 4 is 11.6 Å². The first-order valence-corrected chi connectivity index (χ1v) is 5.58. The van der Waals surface area contributed by atoms with Crippen molar-refractivity contribution < 1.29 is 19.4 Å². The number of nitrogen functional groups attached to an aromatic ring is 1. The number of hydrogen-bond donors (Lipinski definition) is 4. The summed E-state index contributed by atoms with van der Waals surface area (Å²) < 4.78 is 13.6. The number of carbonyl (C=O) groups is 1. The first kappa shape index (κ1) is 14.4. The SMILES string of the molecule is CC(=O)NCCC(O)C(O)c1cccc(N)c1F. The first-order valence-electron chi connectivity index (χ1n) is 5.58. The summed E-state index contributed by atoms with van der Waals surface area (Å²) in [5.74, 6) is -0.963. The minimum atomic E-state index is -1.37. The molecule has 1 aromatic carbocycles. The summed E-state index contributed by atoms with van der Waals surface area (Å²) in [4.78, 5) is 10.6. The van der Waals surface area contributed by atoms with Crippen molar-refractivity contribution in [3.05, 3.63) is 29.6 Å². The Morgan fingerprint density at radius 3 is 2.78 bits per heavy atom. The maximum atomic E-state index is 13.6. The third-order valence-corrected chi connectivity index (χ3v) is 2.56. The van der Waals surface area contributed by atoms with E-state index in [1.807, 2.05) is 0 Å². The van der Waals surface area contributed by atoms with Gasteiger partial charge in [-0.25, -0.2) is 4.39 Å². The zero-order valence-corrected chi connectivity index (χ0v) is 10.1. The summed E-state index contributed by atoms with van der Waals surface area (Å²) in [6.45, 7) is 1.55. The van der Waals surface area contributed by atoms with Crippen molar-refractivity contribution in [3.63, 3.8) is 0 Å². The van der Waals surface area contributed by atoms with Crippen LogP contribution in [0.15, 0.2) is 18.2 Å². The molecular formula is C12H17FN2O3. The standard InChI is InChI=1S/C12H17FN2O3/c1-7(16)15-6-5-10(17)12(18)8-3-2-4-9(14)11(8)13/h2-4,10,12,17-18H,5-6,14H2,1H3,(H,15,16). The third kappa shape index (κ3) is 3.68. The lowest BCUT2D eigenvalue weighted by atomic mass is 10.0. The predicted octanol–water partition coefficient (Wildman–Crippen LogP) is 0.328. The monoisotopic (exact) mass is 256 g/mol. The van der Waals surface area contributed by atoms with E-state index in [0.717, 1.165) is 0 Å². The average Bonchev–Trinajstić information content (AvgIpc) is 2.31. The van der Waals surface area contributed by atoms with Gasteiger partial charge >= 0.3 is 0 Å². The molecule has 0 radical (unpaired) electrons. The largest absolute Gasteiger partial charge is 0.396 e. The van der Waals surface area contributed by atoms with Gasteiger partial charge in [0.15, 0.2) is 5.82 Å². The van der Waals surface area contributed by atoms with Gasteiger partial charge in [-0.3, -0.25) is 4.79 Å². The van der Waals surface area contributed by atoms with Crippen molar-refractivity contribution in [1.82, 2.24) is 5.32 Å². The number of carbonyl (C=O) groups excluding carboxylic acids is 1. The van der Waals surface area contributed by atoms with Gasteiger partial charge in [0.2, 0.25) is 5.91 Å². The van der Waals surface area contributed by atoms with E-state index in [2.05, 4.69) is 5.32 Å². The Bertz CT molecular complexity index is 426. The average molecular weight is 256 g/mol. The molecule has 0 spiro atoms. The predicted molar refractivity (Wildman–Crippen MR) is 65.1 cm³/mol. The molecule has 5 nitrogen and oxygen atoms in total. The minimum Gasteiger partial charge on any atom is -0.396 e. The van der Waals surface area contributed by atoms with Crippen LogP contribution in [0.2, 0.25) is 0 Å². The highest BCUT2D eigenvalue weighted by Crippen LogP contribution is 2.24. The third-order valence-electron chi connectivity index (χ3n) is 2.56. The van der Waals surface area contributed by atoms with Gasteiger partial charge in [-0.1, -0.05) is 12.1 Å². The minimum absolute atomic E-state index is 0.0506. The molecule has 18 heavy (non-hydrogen) atoms. The number of nitrogens with one attached hydrogen (secondary N) is 1. The molecule has 0 aliphatic heterocycles. The number of aliphatic hydroxyl groups excluding tert-OH is 2. The number of amides is 1. The lowest BCUT2D eigenvalue weighted by Gasteiger charge is -2.19. The van der Waals surface area contributed by atoms with Gasteiger partial charge in [0.25, 0.3) is 0 Å². The number of hydrogen-bond acceptors (Lipinski definition) is 4. The highest BCUT2D eigenvalue weighted by atomic mass is 19.1. The van der Waals surface area contributed by atoms with Crippen LogP contribution in [0.1, 0.15) is 25.0 Å². The molecule has 0 saturated carbocycles. The fourth-order valence-electron chi connectivity index (χ4n) is 1.56. The second kappa shape index (κ2) is 6.32. The van der Waals surface area contributed by atoms with E-state index >= 15 is 0 Å². The van der Waals surface area contributed by atoms with E-state index in [1.54, 1.807) is 0 Å². The summed E-state index contributed by atoms with van der Waals surface area (Å²) in [6.07, 6.45) is -2.43. The van der Waals surface area contributed by atoms with Crippen LogP contribution in [0.25, 0.3) is 0 Å². The van der Waals surface area contributed by atoms with Crippen molar-refractivity contribution in [2.24, 2.45) is 0 Å². The number of rotatable bonds is 5. The summed E-state index contributed by atoms with van der Waals surface area (Å²) in [5.41, 5.74) is 5.24. The van der Waals surface area contributed by atoms with Gasteiger partial charge in [0.1, 0.15) is 6.10 Å². The highest BCUT2D eigenvalue weighted by molar-refractivity contribution is 5.72. The molecule has 1 aromatic rings. The molecule has 0 aromatic heterocycles. The number of anilines is 1. The molecule has 2 atom stereocenters. The molecule has 6 heteroatoms. The fourth-order valence-corrected chi connectivity index (χ4v) is 1.56. The van der Waals surface area contributed by atoms with Crippen molar-refractivity contribution in [1.29, 1.82) is 0 Å². The fraction of sp³-hybridized carbons (Fsp3) is 0.417. The van der Waals surface area contributed by atoms with E-state index in [-0.39, 0.29) is 30.1 Å². The van der Waals surface area contributed by atoms with Crippen LogP contribution in [0.5, 0.6) is 0 Å². The Hall–Kier alpha value is -1.66. The van der Waals surface area contributed by atoms with Gasteiger partial charge in [-0.05, 0) is 12.5 Å². The molecule has 0 saturated heterocycles. The Morgan fingerprint density at radius 1 is 1.50 bits per heavy atom. The summed E-state index contributed by atoms with van der Waals surface area (Å²) >= 11 is 0. The molecule has 5 N–H and O–H groups in total. The maximum Gasteiger partial charge on any atom is 0.216 e. The van der Waals surface area contributed by atoms with Crippen LogP contribution < -0.4 is 11.1 Å². The van der Waals surface area contributed by atoms with E-state index in [9.17, 15) is 19.4 Å². The van der Waals surface area contributed by atoms with Gasteiger partial charge < -0.3 is 21.3 Å². The normalized spacial score (nSPS) is 14.0. The summed E-state index contributed by atoms with van der Waals surface area (Å²) in [6, 6.07) is 4.23. The quantitative estimate of drug-likeness (QED) is 0.571. The molecule has 1 amide bonds. The van der Waals surface area contributed by atoms with E-state index in [0.29, 0.717) is 0 Å². The first-order chi connectivity index (χ1) is 8.43. The topological polar surface area (TPSA) is 95.6 Å². The second-order valence-corrected chi connectivity index (χ2v) is 4.03.